The second-order valence-corrected chi connectivity index (χ2v) is 7.71. The number of phenolic OH excluding ortho intramolecular Hbond substituents is 1. The summed E-state index contributed by atoms with van der Waals surface area (Å²) >= 11 is 0. The van der Waals surface area contributed by atoms with Crippen LogP contribution in [0.4, 0.5) is 10.1 Å². The summed E-state index contributed by atoms with van der Waals surface area (Å²) in [5, 5.41) is 17.4. The van der Waals surface area contributed by atoms with Crippen LogP contribution >= 0.6 is 0 Å². The van der Waals surface area contributed by atoms with Gasteiger partial charge < -0.3 is 9.84 Å². The van der Waals surface area contributed by atoms with E-state index in [2.05, 4.69) is 10.2 Å². The van der Waals surface area contributed by atoms with Crippen LogP contribution in [-0.4, -0.2) is 28.3 Å². The number of nitrogens with zero attached hydrogens (tertiary/aromatic N) is 2. The molecule has 1 atom stereocenters. The second-order valence-electron chi connectivity index (χ2n) is 7.71. The molecule has 32 heavy (non-hydrogen) atoms. The number of carbonyl (C=O) groups excluding carboxylic acids is 1. The third kappa shape index (κ3) is 3.10. The number of ether oxygens (including phenoxy) is 1. The van der Waals surface area contributed by atoms with Crippen molar-refractivity contribution in [2.45, 2.75) is 13.0 Å². The van der Waals surface area contributed by atoms with E-state index in [0.29, 0.717) is 22.8 Å². The molecule has 5 rings (SSSR count). The molecule has 0 saturated heterocycles. The van der Waals surface area contributed by atoms with Crippen LogP contribution < -0.4 is 9.64 Å². The summed E-state index contributed by atoms with van der Waals surface area (Å²) in [5.74, 6) is -0.360. The fraction of sp³-hybridized carbons (Fsp3) is 0.120. The molecule has 0 fully saturated rings. The number of aromatic amines is 1. The highest BCUT2D eigenvalue weighted by atomic mass is 19.1. The first-order chi connectivity index (χ1) is 15.5. The van der Waals surface area contributed by atoms with Crippen molar-refractivity contribution in [1.82, 2.24) is 10.2 Å². The minimum atomic E-state index is -0.549. The number of phenols is 1. The molecule has 1 amide bonds. The molecule has 1 aromatic heterocycles. The monoisotopic (exact) mass is 429 g/mol. The van der Waals surface area contributed by atoms with Crippen molar-refractivity contribution < 1.29 is 19.0 Å². The van der Waals surface area contributed by atoms with Gasteiger partial charge in [0.1, 0.15) is 11.5 Å². The zero-order chi connectivity index (χ0) is 22.4. The molecule has 1 aliphatic heterocycles. The molecule has 0 unspecified atom stereocenters. The Morgan fingerprint density at radius 3 is 2.47 bits per heavy atom. The fourth-order valence-corrected chi connectivity index (χ4v) is 4.13. The average molecular weight is 429 g/mol. The Hall–Kier alpha value is -4.13. The summed E-state index contributed by atoms with van der Waals surface area (Å²) in [4.78, 5) is 15.1. The van der Waals surface area contributed by atoms with Crippen molar-refractivity contribution in [2.75, 3.05) is 12.0 Å². The summed E-state index contributed by atoms with van der Waals surface area (Å²) in [6.45, 7) is 2.00. The van der Waals surface area contributed by atoms with Crippen LogP contribution in [-0.2, 0) is 0 Å². The molecule has 160 valence electrons. The van der Waals surface area contributed by atoms with Crippen LogP contribution in [0.5, 0.6) is 11.5 Å². The molecule has 0 bridgehead atoms. The van der Waals surface area contributed by atoms with E-state index in [4.69, 9.17) is 4.74 Å². The predicted octanol–water partition coefficient (Wildman–Crippen LogP) is 4.99. The summed E-state index contributed by atoms with van der Waals surface area (Å²) in [5.41, 5.74) is 5.02. The number of aromatic hydroxyl groups is 1. The maximum absolute atomic E-state index is 13.6. The van der Waals surface area contributed by atoms with Gasteiger partial charge in [0.15, 0.2) is 11.5 Å². The van der Waals surface area contributed by atoms with Crippen LogP contribution in [0.25, 0.3) is 11.3 Å². The molecule has 2 N–H and O–H groups in total. The molecule has 1 aliphatic rings. The number of nitrogens with one attached hydrogen (secondary N) is 1. The van der Waals surface area contributed by atoms with E-state index in [1.54, 1.807) is 29.2 Å². The Balaban J connectivity index is 1.73. The molecule has 2 heterocycles. The highest BCUT2D eigenvalue weighted by Crippen LogP contribution is 2.46. The number of anilines is 1. The van der Waals surface area contributed by atoms with Crippen molar-refractivity contribution in [3.63, 3.8) is 0 Å². The summed E-state index contributed by atoms with van der Waals surface area (Å²) < 4.78 is 18.9. The Kier molecular flexibility index (Phi) is 4.66. The highest BCUT2D eigenvalue weighted by molar-refractivity contribution is 6.11. The van der Waals surface area contributed by atoms with Gasteiger partial charge in [-0.1, -0.05) is 35.9 Å². The van der Waals surface area contributed by atoms with Crippen molar-refractivity contribution in [3.8, 4) is 22.8 Å². The lowest BCUT2D eigenvalue weighted by atomic mass is 9.95. The smallest absolute Gasteiger partial charge is 0.277 e. The van der Waals surface area contributed by atoms with E-state index in [0.717, 1.165) is 22.3 Å². The van der Waals surface area contributed by atoms with Gasteiger partial charge in [0.2, 0.25) is 0 Å². The van der Waals surface area contributed by atoms with Gasteiger partial charge in [0, 0.05) is 16.8 Å². The lowest BCUT2D eigenvalue weighted by molar-refractivity contribution is 0.0988. The topological polar surface area (TPSA) is 78.5 Å². The van der Waals surface area contributed by atoms with Gasteiger partial charge in [-0.15, -0.1) is 0 Å². The first-order valence-electron chi connectivity index (χ1n) is 10.1. The van der Waals surface area contributed by atoms with Crippen molar-refractivity contribution in [3.05, 3.63) is 94.9 Å². The Bertz CT molecular complexity index is 1310. The number of aryl methyl sites for hydroxylation is 1. The van der Waals surface area contributed by atoms with Crippen molar-refractivity contribution >= 4 is 11.6 Å². The SMILES string of the molecule is COc1cc([C@@H]2c3c(-c4ccc(C)cc4)n[nH]c3C(=O)N2c2ccc(F)cc2)ccc1O. The normalized spacial score (nSPS) is 15.2. The largest absolute Gasteiger partial charge is 0.504 e. The van der Waals surface area contributed by atoms with Gasteiger partial charge in [-0.2, -0.15) is 5.10 Å². The number of aromatic nitrogens is 2. The predicted molar refractivity (Wildman–Crippen MR) is 118 cm³/mol. The van der Waals surface area contributed by atoms with E-state index in [1.807, 2.05) is 31.2 Å². The number of carbonyl (C=O) groups is 1. The van der Waals surface area contributed by atoms with Crippen LogP contribution in [0.1, 0.15) is 33.2 Å². The Labute approximate surface area is 183 Å². The van der Waals surface area contributed by atoms with Gasteiger partial charge in [-0.05, 0) is 48.9 Å². The first kappa shape index (κ1) is 19.8. The van der Waals surface area contributed by atoms with E-state index in [-0.39, 0.29) is 17.5 Å². The zero-order valence-corrected chi connectivity index (χ0v) is 17.5. The van der Waals surface area contributed by atoms with Gasteiger partial charge >= 0.3 is 0 Å². The number of hydrogen-bond acceptors (Lipinski definition) is 4. The number of halogens is 1. The number of amides is 1. The number of methoxy groups -OCH3 is 1. The number of rotatable bonds is 4. The Morgan fingerprint density at radius 2 is 1.78 bits per heavy atom. The first-order valence-corrected chi connectivity index (χ1v) is 10.1. The minimum Gasteiger partial charge on any atom is -0.504 e. The maximum atomic E-state index is 13.6. The average Bonchev–Trinajstić information content (AvgIpc) is 3.35. The second kappa shape index (κ2) is 7.53. The van der Waals surface area contributed by atoms with E-state index < -0.39 is 6.04 Å². The van der Waals surface area contributed by atoms with Crippen LogP contribution in [0.3, 0.4) is 0 Å². The molecule has 0 radical (unpaired) electrons. The molecule has 0 spiro atoms. The van der Waals surface area contributed by atoms with E-state index >= 15 is 0 Å². The third-order valence-corrected chi connectivity index (χ3v) is 5.72. The standard InChI is InChI=1S/C25H20FN3O3/c1-14-3-5-15(6-4-14)22-21-23(28-27-22)25(31)29(18-10-8-17(26)9-11-18)24(21)16-7-12-19(30)20(13-16)32-2/h3-13,24,30H,1-2H3,(H,27,28)/t24-/m1/s1. The van der Waals surface area contributed by atoms with Crippen LogP contribution in [0, 0.1) is 12.7 Å². The molecular weight excluding hydrogens is 409 g/mol. The van der Waals surface area contributed by atoms with Gasteiger partial charge in [-0.25, -0.2) is 4.39 Å². The molecule has 6 nitrogen and oxygen atoms in total. The van der Waals surface area contributed by atoms with Gasteiger partial charge in [0.25, 0.3) is 5.91 Å². The quantitative estimate of drug-likeness (QED) is 0.479. The molecule has 7 heteroatoms. The van der Waals surface area contributed by atoms with Crippen molar-refractivity contribution in [1.29, 1.82) is 0 Å². The third-order valence-electron chi connectivity index (χ3n) is 5.72. The molecule has 3 aromatic carbocycles. The molecule has 0 aliphatic carbocycles. The number of H-pyrrole nitrogens is 1. The molecule has 4 aromatic rings. The lowest BCUT2D eigenvalue weighted by Crippen LogP contribution is -2.29. The number of hydrogen-bond donors (Lipinski definition) is 2. The summed E-state index contributed by atoms with van der Waals surface area (Å²) in [7, 11) is 1.47. The zero-order valence-electron chi connectivity index (χ0n) is 17.5. The van der Waals surface area contributed by atoms with Gasteiger partial charge in [-0.3, -0.25) is 14.8 Å². The Morgan fingerprint density at radius 1 is 1.06 bits per heavy atom. The number of fused-ring (bicyclic) bond motifs is 1. The molecule has 0 saturated carbocycles. The summed E-state index contributed by atoms with van der Waals surface area (Å²) in [6.07, 6.45) is 0. The maximum Gasteiger partial charge on any atom is 0.277 e. The minimum absolute atomic E-state index is 0.0000748. The van der Waals surface area contributed by atoms with Crippen LogP contribution in [0.15, 0.2) is 66.7 Å². The molecular formula is C25H20FN3O3. The summed E-state index contributed by atoms with van der Waals surface area (Å²) in [6, 6.07) is 18.1. The fourth-order valence-electron chi connectivity index (χ4n) is 4.13. The van der Waals surface area contributed by atoms with E-state index in [9.17, 15) is 14.3 Å². The van der Waals surface area contributed by atoms with Gasteiger partial charge in [0.05, 0.1) is 18.8 Å². The lowest BCUT2D eigenvalue weighted by Gasteiger charge is -2.27. The van der Waals surface area contributed by atoms with Crippen molar-refractivity contribution in [2.24, 2.45) is 0 Å². The highest BCUT2D eigenvalue weighted by Gasteiger charge is 2.43. The van der Waals surface area contributed by atoms with Crippen LogP contribution in [0.2, 0.25) is 0 Å². The number of benzene rings is 3. The van der Waals surface area contributed by atoms with E-state index in [1.165, 1.54) is 25.3 Å².